The lowest BCUT2D eigenvalue weighted by atomic mass is 9.89. The molecular weight excluding hydrogens is 625 g/mol. The molecule has 270 valence electrons. The van der Waals surface area contributed by atoms with Gasteiger partial charge in [-0.25, -0.2) is 0 Å². The van der Waals surface area contributed by atoms with Gasteiger partial charge in [0.05, 0.1) is 20.0 Å². The number of hydrogen-bond acceptors (Lipinski definition) is 6. The molecule has 51 heavy (non-hydrogen) atoms. The zero-order chi connectivity index (χ0) is 33.7. The summed E-state index contributed by atoms with van der Waals surface area (Å²) in [5.74, 6) is 0. The summed E-state index contributed by atoms with van der Waals surface area (Å²) in [5, 5.41) is 0. The third kappa shape index (κ3) is 6.75. The maximum absolute atomic E-state index is 2.82. The van der Waals surface area contributed by atoms with Crippen LogP contribution in [0.5, 0.6) is 0 Å². The Morgan fingerprint density at radius 3 is 0.569 bits per heavy atom. The van der Waals surface area contributed by atoms with Gasteiger partial charge >= 0.3 is 0 Å². The topological polar surface area (TPSA) is 19.4 Å². The summed E-state index contributed by atoms with van der Waals surface area (Å²) in [6.07, 6.45) is 16.4. The van der Waals surface area contributed by atoms with E-state index in [1.165, 1.54) is 110 Å². The van der Waals surface area contributed by atoms with E-state index in [1.54, 1.807) is 0 Å². The van der Waals surface area contributed by atoms with Crippen molar-refractivity contribution < 1.29 is 0 Å². The van der Waals surface area contributed by atoms with E-state index in [2.05, 4.69) is 102 Å². The Balaban J connectivity index is 0.933. The Morgan fingerprint density at radius 1 is 0.255 bits per heavy atom. The molecule has 3 aromatic rings. The van der Waals surface area contributed by atoms with Gasteiger partial charge in [0.15, 0.2) is 0 Å². The highest BCUT2D eigenvalue weighted by Crippen LogP contribution is 2.38. The first kappa shape index (κ1) is 33.0. The second kappa shape index (κ2) is 14.3. The van der Waals surface area contributed by atoms with Gasteiger partial charge in [-0.1, -0.05) is 111 Å². The molecule has 6 unspecified atom stereocenters. The zero-order valence-corrected chi connectivity index (χ0v) is 30.9. The molecule has 10 aliphatic rings. The molecule has 13 rings (SSSR count). The van der Waals surface area contributed by atoms with Crippen molar-refractivity contribution in [2.45, 2.75) is 153 Å². The molecule has 3 saturated heterocycles. The Labute approximate surface area is 307 Å². The first-order valence-corrected chi connectivity index (χ1v) is 20.9. The van der Waals surface area contributed by atoms with E-state index in [9.17, 15) is 0 Å². The van der Waals surface area contributed by atoms with E-state index in [4.69, 9.17) is 0 Å². The molecule has 3 saturated carbocycles. The molecule has 0 aromatic heterocycles. The van der Waals surface area contributed by atoms with Crippen LogP contribution in [0.1, 0.15) is 110 Å². The van der Waals surface area contributed by atoms with Crippen LogP contribution in [0.4, 0.5) is 0 Å². The third-order valence-electron chi connectivity index (χ3n) is 14.4. The Hall–Kier alpha value is -2.58. The third-order valence-corrected chi connectivity index (χ3v) is 14.4. The largest absolute Gasteiger partial charge is 0.282 e. The molecular formula is C45H60N6. The second-order valence-electron chi connectivity index (χ2n) is 17.6. The smallest absolute Gasteiger partial charge is 0.0519 e. The Morgan fingerprint density at radius 2 is 0.412 bits per heavy atom. The highest BCUT2D eigenvalue weighted by atomic mass is 15.4. The maximum atomic E-state index is 2.82. The van der Waals surface area contributed by atoms with Crippen LogP contribution in [0.15, 0.2) is 72.8 Å². The van der Waals surface area contributed by atoms with Gasteiger partial charge in [0.25, 0.3) is 0 Å². The van der Waals surface area contributed by atoms with Crippen molar-refractivity contribution in [1.29, 1.82) is 0 Å². The van der Waals surface area contributed by atoms with Gasteiger partial charge in [0.2, 0.25) is 0 Å². The minimum atomic E-state index is 0.695. The number of hydrogen-bond donors (Lipinski definition) is 0. The van der Waals surface area contributed by atoms with Crippen molar-refractivity contribution in [3.8, 4) is 0 Å². The van der Waals surface area contributed by atoms with Crippen molar-refractivity contribution in [3.05, 3.63) is 106 Å². The second-order valence-corrected chi connectivity index (χ2v) is 17.6. The minimum absolute atomic E-state index is 0.695. The Kier molecular flexibility index (Phi) is 9.28. The molecule has 6 heteroatoms. The number of benzene rings is 3. The summed E-state index contributed by atoms with van der Waals surface area (Å²) in [5.41, 5.74) is 8.89. The fourth-order valence-corrected chi connectivity index (χ4v) is 11.8. The lowest BCUT2D eigenvalue weighted by molar-refractivity contribution is 0.196. The maximum Gasteiger partial charge on any atom is 0.0519 e. The zero-order valence-electron chi connectivity index (χ0n) is 30.9. The summed E-state index contributed by atoms with van der Waals surface area (Å²) >= 11 is 0. The molecule has 6 fully saturated rings. The van der Waals surface area contributed by atoms with Gasteiger partial charge in [-0.2, -0.15) is 0 Å². The van der Waals surface area contributed by atoms with Crippen molar-refractivity contribution in [2.24, 2.45) is 0 Å². The van der Waals surface area contributed by atoms with Crippen LogP contribution in [-0.4, -0.2) is 85.7 Å². The van der Waals surface area contributed by atoms with Gasteiger partial charge in [0, 0.05) is 75.5 Å². The van der Waals surface area contributed by atoms with E-state index in [1.807, 2.05) is 0 Å². The van der Waals surface area contributed by atoms with Gasteiger partial charge in [-0.15, -0.1) is 0 Å². The fourth-order valence-electron chi connectivity index (χ4n) is 11.8. The lowest BCUT2D eigenvalue weighted by Gasteiger charge is -2.33. The van der Waals surface area contributed by atoms with Crippen LogP contribution in [0.25, 0.3) is 0 Å². The van der Waals surface area contributed by atoms with E-state index < -0.39 is 0 Å². The summed E-state index contributed by atoms with van der Waals surface area (Å²) in [4.78, 5) is 16.9. The molecule has 0 N–H and O–H groups in total. The molecule has 6 nitrogen and oxygen atoms in total. The summed E-state index contributed by atoms with van der Waals surface area (Å²) in [7, 11) is 0. The standard InChI is InChI=1S/C45H60N6/c1-2-8-41-40(7-1)46-25-34-13-15-36(16-14-34)27-48-32-50(43-10-4-3-9-42(43)48)29-38-21-23-39(24-22-38)30-51-33-49(44-11-5-6-12-45(44)51)28-37-19-17-35(18-20-37)26-47(41)31-46/h13-24,40-45H,1-12,25-33H2/t40-,41-,42-,43-,44-,45-/m1/s1. The van der Waals surface area contributed by atoms with Crippen molar-refractivity contribution in [2.75, 3.05) is 20.0 Å². The normalized spacial score (nSPS) is 39.3. The van der Waals surface area contributed by atoms with Crippen LogP contribution in [0, 0.1) is 0 Å². The molecule has 12 atom stereocenters. The van der Waals surface area contributed by atoms with Gasteiger partial charge in [-0.05, 0) is 71.9 Å². The van der Waals surface area contributed by atoms with E-state index >= 15 is 0 Å². The summed E-state index contributed by atoms with van der Waals surface area (Å²) in [6, 6.07) is 33.5. The first-order valence-electron chi connectivity index (χ1n) is 20.9. The van der Waals surface area contributed by atoms with E-state index in [-0.39, 0.29) is 0 Å². The first-order chi connectivity index (χ1) is 25.2. The molecule has 12 bridgehead atoms. The molecule has 0 amide bonds. The van der Waals surface area contributed by atoms with Gasteiger partial charge < -0.3 is 0 Å². The number of fused-ring (bicyclic) bond motifs is 5. The predicted octanol–water partition coefficient (Wildman–Crippen LogP) is 7.76. The number of nitrogens with zero attached hydrogens (tertiary/aromatic N) is 6. The van der Waals surface area contributed by atoms with Crippen LogP contribution >= 0.6 is 0 Å². The highest BCUT2D eigenvalue weighted by molar-refractivity contribution is 5.26. The summed E-state index contributed by atoms with van der Waals surface area (Å²) < 4.78 is 0. The van der Waals surface area contributed by atoms with Crippen LogP contribution in [0.3, 0.4) is 0 Å². The summed E-state index contributed by atoms with van der Waals surface area (Å²) in [6.45, 7) is 9.75. The molecule has 0 radical (unpaired) electrons. The molecule has 7 aliphatic heterocycles. The average molecular weight is 685 g/mol. The SMILES string of the molecule is c1cc2ccc1CN1CN(Cc3ccc(cc3)CN3CN(Cc4ccc(cc4)CN4CN(C2)[C@@H]2CCCC[C@H]24)[C@@H]2CCCC[C@H]23)[C@@H]2CCCC[C@H]21. The van der Waals surface area contributed by atoms with Gasteiger partial charge in [-0.3, -0.25) is 29.4 Å². The quantitative estimate of drug-likeness (QED) is 0.240. The molecule has 0 spiro atoms. The van der Waals surface area contributed by atoms with E-state index in [0.717, 1.165) is 59.3 Å². The Bertz CT molecular complexity index is 1310. The van der Waals surface area contributed by atoms with Crippen molar-refractivity contribution in [1.82, 2.24) is 29.4 Å². The molecule has 3 aliphatic carbocycles. The van der Waals surface area contributed by atoms with Crippen LogP contribution in [0.2, 0.25) is 0 Å². The average Bonchev–Trinajstić information content (AvgIpc) is 3.82. The highest BCUT2D eigenvalue weighted by Gasteiger charge is 2.43. The van der Waals surface area contributed by atoms with Crippen LogP contribution < -0.4 is 0 Å². The monoisotopic (exact) mass is 684 g/mol. The van der Waals surface area contributed by atoms with Crippen molar-refractivity contribution in [3.63, 3.8) is 0 Å². The predicted molar refractivity (Wildman–Crippen MR) is 205 cm³/mol. The molecule has 7 heterocycles. The lowest BCUT2D eigenvalue weighted by Crippen LogP contribution is -2.39. The van der Waals surface area contributed by atoms with E-state index in [0.29, 0.717) is 36.3 Å². The number of rotatable bonds is 0. The fraction of sp³-hybridized carbons (Fsp3) is 0.600. The van der Waals surface area contributed by atoms with Gasteiger partial charge in [0.1, 0.15) is 0 Å². The minimum Gasteiger partial charge on any atom is -0.282 e. The van der Waals surface area contributed by atoms with Crippen LogP contribution in [-0.2, 0) is 39.3 Å². The molecule has 3 aromatic carbocycles. The van der Waals surface area contributed by atoms with Crippen molar-refractivity contribution >= 4 is 0 Å².